The van der Waals surface area contributed by atoms with E-state index in [1.54, 1.807) is 25.1 Å². The first-order valence-corrected chi connectivity index (χ1v) is 18.5. The molecule has 4 amide bonds. The molecule has 2 aromatic rings. The number of phenols is 1. The minimum atomic E-state index is -1.19. The molecule has 52 heavy (non-hydrogen) atoms. The number of esters is 1. The smallest absolute Gasteiger partial charge is 0.328 e. The van der Waals surface area contributed by atoms with Gasteiger partial charge in [0.15, 0.2) is 5.69 Å². The molecule has 1 saturated heterocycles. The van der Waals surface area contributed by atoms with Crippen molar-refractivity contribution in [3.8, 4) is 17.2 Å². The molecule has 288 valence electrons. The number of para-hydroxylation sites is 1. The molecule has 5 N–H and O–H groups in total. The van der Waals surface area contributed by atoms with Crippen LogP contribution in [0.15, 0.2) is 34.9 Å². The van der Waals surface area contributed by atoms with Crippen molar-refractivity contribution in [2.75, 3.05) is 13.1 Å². The van der Waals surface area contributed by atoms with Crippen LogP contribution in [-0.4, -0.2) is 91.5 Å². The predicted molar refractivity (Wildman–Crippen MR) is 189 cm³/mol. The Morgan fingerprint density at radius 1 is 1.04 bits per heavy atom. The van der Waals surface area contributed by atoms with Crippen molar-refractivity contribution in [1.82, 2.24) is 25.7 Å². The van der Waals surface area contributed by atoms with E-state index in [2.05, 4.69) is 22.5 Å². The second-order valence-electron chi connectivity index (χ2n) is 13.4. The first-order chi connectivity index (χ1) is 24.9. The summed E-state index contributed by atoms with van der Waals surface area (Å²) >= 11 is 0. The summed E-state index contributed by atoms with van der Waals surface area (Å²) < 4.78 is 11.4. The summed E-state index contributed by atoms with van der Waals surface area (Å²) in [6, 6.07) is 4.22. The fourth-order valence-electron chi connectivity index (χ4n) is 5.98. The first-order valence-electron chi connectivity index (χ1n) is 18.5. The van der Waals surface area contributed by atoms with Gasteiger partial charge in [-0.1, -0.05) is 64.5 Å². The van der Waals surface area contributed by atoms with Crippen LogP contribution in [0, 0.1) is 5.92 Å². The summed E-state index contributed by atoms with van der Waals surface area (Å²) in [5.74, 6) is -4.11. The zero-order chi connectivity index (χ0) is 38.0. The maximum Gasteiger partial charge on any atom is 0.328 e. The van der Waals surface area contributed by atoms with Crippen LogP contribution in [0.25, 0.3) is 11.5 Å². The number of nitrogens with zero attached hydrogens (tertiary/aromatic N) is 3. The van der Waals surface area contributed by atoms with Gasteiger partial charge in [0.25, 0.3) is 11.8 Å². The Bertz CT molecular complexity index is 1470. The number of nitrogens with one attached hydrogen (secondary N) is 2. The SMILES string of the molecule is CCCCCCCCC[C@H](OC(=O)[C@H](CCCCN(O)C(C)=O)NC(=O)c1coc(-c2ccccc2O)n1)[C@@H](C)C(=O)N[C@@H]1CCCCN(O)C1=O. The molecule has 1 fully saturated rings. The van der Waals surface area contributed by atoms with Crippen LogP contribution in [-0.2, 0) is 23.9 Å². The van der Waals surface area contributed by atoms with E-state index in [0.29, 0.717) is 55.1 Å². The third-order valence-electron chi connectivity index (χ3n) is 9.25. The summed E-state index contributed by atoms with van der Waals surface area (Å²) in [5, 5.41) is 36.6. The highest BCUT2D eigenvalue weighted by molar-refractivity contribution is 5.95. The van der Waals surface area contributed by atoms with Crippen LogP contribution in [0.1, 0.15) is 121 Å². The van der Waals surface area contributed by atoms with E-state index < -0.39 is 53.7 Å². The van der Waals surface area contributed by atoms with Crippen LogP contribution in [0.2, 0.25) is 0 Å². The Balaban J connectivity index is 1.77. The summed E-state index contributed by atoms with van der Waals surface area (Å²) in [6.07, 6.45) is 9.92. The number of aromatic hydroxyl groups is 1. The number of carbonyl (C=O) groups is 5. The number of ether oxygens (including phenoxy) is 1. The molecule has 0 bridgehead atoms. The van der Waals surface area contributed by atoms with Crippen LogP contribution in [0.4, 0.5) is 0 Å². The molecule has 1 aliphatic rings. The predicted octanol–water partition coefficient (Wildman–Crippen LogP) is 5.13. The Kier molecular flexibility index (Phi) is 17.5. The molecule has 4 atom stereocenters. The van der Waals surface area contributed by atoms with Crippen molar-refractivity contribution in [2.24, 2.45) is 5.92 Å². The summed E-state index contributed by atoms with van der Waals surface area (Å²) in [7, 11) is 0. The van der Waals surface area contributed by atoms with E-state index >= 15 is 0 Å². The van der Waals surface area contributed by atoms with Gasteiger partial charge in [0, 0.05) is 20.0 Å². The lowest BCUT2D eigenvalue weighted by Gasteiger charge is -2.28. The number of hydrogen-bond donors (Lipinski definition) is 5. The second kappa shape index (κ2) is 21.8. The van der Waals surface area contributed by atoms with Crippen molar-refractivity contribution in [3.63, 3.8) is 0 Å². The van der Waals surface area contributed by atoms with E-state index in [9.17, 15) is 39.5 Å². The van der Waals surface area contributed by atoms with Gasteiger partial charge >= 0.3 is 5.97 Å². The third kappa shape index (κ3) is 13.2. The van der Waals surface area contributed by atoms with Gasteiger partial charge in [-0.15, -0.1) is 0 Å². The average molecular weight is 730 g/mol. The maximum atomic E-state index is 13.8. The van der Waals surface area contributed by atoms with E-state index in [-0.39, 0.29) is 42.4 Å². The Morgan fingerprint density at radius 2 is 1.73 bits per heavy atom. The summed E-state index contributed by atoms with van der Waals surface area (Å²) in [6.45, 7) is 5.18. The molecule has 3 rings (SSSR count). The molecule has 2 heterocycles. The first kappa shape index (κ1) is 41.9. The number of phenolic OH excluding ortho intramolecular Hbond substituents is 1. The summed E-state index contributed by atoms with van der Waals surface area (Å²) in [5.41, 5.74) is 0.127. The molecule has 15 nitrogen and oxygen atoms in total. The Morgan fingerprint density at radius 3 is 2.44 bits per heavy atom. The highest BCUT2D eigenvalue weighted by atomic mass is 16.5. The normalized spacial score (nSPS) is 16.4. The zero-order valence-corrected chi connectivity index (χ0v) is 30.6. The highest BCUT2D eigenvalue weighted by Gasteiger charge is 2.34. The molecule has 0 radical (unpaired) electrons. The number of oxazole rings is 1. The second-order valence-corrected chi connectivity index (χ2v) is 13.4. The number of rotatable bonds is 21. The molecular weight excluding hydrogens is 674 g/mol. The number of hydroxylamine groups is 4. The number of carbonyl (C=O) groups excluding carboxylic acids is 5. The standard InChI is InChI=1S/C37H55N5O10/c1-4-5-6-7-8-9-10-21-32(25(2)33(45)38-28-18-13-16-23-42(50)36(28)47)52-37(48)29(19-14-15-22-41(49)26(3)43)39-34(46)30-24-51-35(40-30)27-17-11-12-20-31(27)44/h11-12,17,20,24-25,28-29,32,44,49-50H,4-10,13-16,18-19,21-23H2,1-3H3,(H,38,45)(H,39,46)/t25-,28-,29+,32+/m1/s1. The van der Waals surface area contributed by atoms with Crippen LogP contribution in [0.5, 0.6) is 5.75 Å². The van der Waals surface area contributed by atoms with Gasteiger partial charge < -0.3 is 24.9 Å². The van der Waals surface area contributed by atoms with Crippen molar-refractivity contribution in [3.05, 3.63) is 36.2 Å². The van der Waals surface area contributed by atoms with Gasteiger partial charge in [0.2, 0.25) is 17.7 Å². The minimum absolute atomic E-state index is 0.000658. The Hall–Kier alpha value is -4.50. The number of aromatic nitrogens is 1. The van der Waals surface area contributed by atoms with Gasteiger partial charge in [0.05, 0.1) is 11.5 Å². The van der Waals surface area contributed by atoms with Crippen LogP contribution >= 0.6 is 0 Å². The number of hydrogen-bond acceptors (Lipinski definition) is 11. The summed E-state index contributed by atoms with van der Waals surface area (Å²) in [4.78, 5) is 69.0. The fraction of sp³-hybridized carbons (Fsp3) is 0.622. The molecule has 0 unspecified atom stereocenters. The lowest BCUT2D eigenvalue weighted by Crippen LogP contribution is -2.50. The topological polar surface area (TPSA) is 212 Å². The van der Waals surface area contributed by atoms with E-state index in [1.165, 1.54) is 13.0 Å². The minimum Gasteiger partial charge on any atom is -0.507 e. The Labute approximate surface area is 305 Å². The third-order valence-corrected chi connectivity index (χ3v) is 9.25. The van der Waals surface area contributed by atoms with Crippen molar-refractivity contribution < 1.29 is 48.6 Å². The largest absolute Gasteiger partial charge is 0.507 e. The highest BCUT2D eigenvalue weighted by Crippen LogP contribution is 2.28. The quantitative estimate of drug-likeness (QED) is 0.0492. The van der Waals surface area contributed by atoms with Crippen molar-refractivity contribution >= 4 is 29.6 Å². The average Bonchev–Trinajstić information content (AvgIpc) is 3.56. The molecule has 0 spiro atoms. The van der Waals surface area contributed by atoms with Gasteiger partial charge in [-0.3, -0.25) is 29.6 Å². The van der Waals surface area contributed by atoms with Gasteiger partial charge in [0.1, 0.15) is 30.2 Å². The number of amides is 4. The van der Waals surface area contributed by atoms with Crippen molar-refractivity contribution in [1.29, 1.82) is 0 Å². The molecule has 0 aliphatic carbocycles. The monoisotopic (exact) mass is 729 g/mol. The van der Waals surface area contributed by atoms with Gasteiger partial charge in [-0.2, -0.15) is 0 Å². The van der Waals surface area contributed by atoms with Gasteiger partial charge in [-0.05, 0) is 63.5 Å². The molecule has 1 aromatic heterocycles. The molecule has 15 heteroatoms. The van der Waals surface area contributed by atoms with Gasteiger partial charge in [-0.25, -0.2) is 19.9 Å². The molecule has 0 saturated carbocycles. The van der Waals surface area contributed by atoms with Crippen LogP contribution in [0.3, 0.4) is 0 Å². The van der Waals surface area contributed by atoms with E-state index in [4.69, 9.17) is 9.15 Å². The maximum absolute atomic E-state index is 13.8. The number of benzene rings is 1. The lowest BCUT2D eigenvalue weighted by molar-refractivity contribution is -0.167. The van der Waals surface area contributed by atoms with E-state index in [0.717, 1.165) is 44.8 Å². The van der Waals surface area contributed by atoms with Crippen LogP contribution < -0.4 is 10.6 Å². The zero-order valence-electron chi connectivity index (χ0n) is 30.6. The van der Waals surface area contributed by atoms with Crippen molar-refractivity contribution in [2.45, 2.75) is 129 Å². The van der Waals surface area contributed by atoms with E-state index in [1.807, 2.05) is 0 Å². The molecule has 1 aliphatic heterocycles. The fourth-order valence-corrected chi connectivity index (χ4v) is 5.98. The number of unbranched alkanes of at least 4 members (excludes halogenated alkanes) is 7. The molecular formula is C37H55N5O10. The molecule has 1 aromatic carbocycles. The lowest BCUT2D eigenvalue weighted by atomic mass is 9.96.